The van der Waals surface area contributed by atoms with Gasteiger partial charge in [-0.1, -0.05) is 12.1 Å². The number of carbonyl (C=O) groups excluding carboxylic acids is 2. The van der Waals surface area contributed by atoms with Crippen molar-refractivity contribution in [1.29, 1.82) is 0 Å². The molecule has 0 heterocycles. The molecule has 19 heavy (non-hydrogen) atoms. The number of benzene rings is 1. The minimum Gasteiger partial charge on any atom is -0.497 e. The fourth-order valence-electron chi connectivity index (χ4n) is 1.89. The number of ketones is 1. The van der Waals surface area contributed by atoms with E-state index < -0.39 is 5.91 Å². The van der Waals surface area contributed by atoms with E-state index in [9.17, 15) is 9.59 Å². The summed E-state index contributed by atoms with van der Waals surface area (Å²) >= 11 is 0. The number of hydrogen-bond acceptors (Lipinski definition) is 3. The normalized spacial score (nSPS) is 13.9. The Balaban J connectivity index is 1.69. The van der Waals surface area contributed by atoms with Gasteiger partial charge in [-0.3, -0.25) is 9.59 Å². The predicted molar refractivity (Wildman–Crippen MR) is 72.1 cm³/mol. The summed E-state index contributed by atoms with van der Waals surface area (Å²) in [6, 6.07) is 7.68. The van der Waals surface area contributed by atoms with Crippen molar-refractivity contribution in [3.8, 4) is 5.75 Å². The Labute approximate surface area is 113 Å². The Hall–Kier alpha value is -1.84. The van der Waals surface area contributed by atoms with Gasteiger partial charge < -0.3 is 10.1 Å². The van der Waals surface area contributed by atoms with E-state index in [1.165, 1.54) is 0 Å². The van der Waals surface area contributed by atoms with Crippen molar-refractivity contribution in [3.05, 3.63) is 29.8 Å². The summed E-state index contributed by atoms with van der Waals surface area (Å²) in [6.07, 6.45) is 3.30. The minimum absolute atomic E-state index is 0.280. The molecule has 2 rings (SSSR count). The maximum atomic E-state index is 11.5. The zero-order valence-electron chi connectivity index (χ0n) is 11.1. The minimum atomic E-state index is -0.444. The SMILES string of the molecule is COc1ccc(CCNC(=O)C(=O)CC2CC2)cc1. The van der Waals surface area contributed by atoms with Crippen molar-refractivity contribution in [1.82, 2.24) is 5.32 Å². The highest BCUT2D eigenvalue weighted by Gasteiger charge is 2.27. The number of rotatable bonds is 7. The van der Waals surface area contributed by atoms with Crippen LogP contribution in [0.5, 0.6) is 5.75 Å². The van der Waals surface area contributed by atoms with Crippen LogP contribution < -0.4 is 10.1 Å². The van der Waals surface area contributed by atoms with Gasteiger partial charge in [0.15, 0.2) is 0 Å². The lowest BCUT2D eigenvalue weighted by Gasteiger charge is -2.05. The molecule has 1 aromatic carbocycles. The van der Waals surface area contributed by atoms with Gasteiger partial charge in [0.2, 0.25) is 5.78 Å². The van der Waals surface area contributed by atoms with E-state index in [1.54, 1.807) is 7.11 Å². The van der Waals surface area contributed by atoms with Crippen molar-refractivity contribution in [2.75, 3.05) is 13.7 Å². The van der Waals surface area contributed by atoms with Crippen LogP contribution in [0.15, 0.2) is 24.3 Å². The molecule has 1 fully saturated rings. The summed E-state index contributed by atoms with van der Waals surface area (Å²) in [5.74, 6) is 0.546. The number of methoxy groups -OCH3 is 1. The summed E-state index contributed by atoms with van der Waals surface area (Å²) in [5.41, 5.74) is 1.11. The highest BCUT2D eigenvalue weighted by molar-refractivity contribution is 6.36. The van der Waals surface area contributed by atoms with Crippen molar-refractivity contribution >= 4 is 11.7 Å². The summed E-state index contributed by atoms with van der Waals surface area (Å²) in [5, 5.41) is 2.67. The van der Waals surface area contributed by atoms with Gasteiger partial charge in [-0.2, -0.15) is 0 Å². The van der Waals surface area contributed by atoms with Crippen molar-refractivity contribution in [2.45, 2.75) is 25.7 Å². The average Bonchev–Trinajstić information content (AvgIpc) is 3.23. The fourth-order valence-corrected chi connectivity index (χ4v) is 1.89. The molecule has 4 nitrogen and oxygen atoms in total. The Morgan fingerprint density at radius 3 is 2.53 bits per heavy atom. The first-order valence-corrected chi connectivity index (χ1v) is 6.63. The first kappa shape index (κ1) is 13.6. The lowest BCUT2D eigenvalue weighted by molar-refractivity contribution is -0.138. The Bertz CT molecular complexity index is 449. The molecule has 1 N–H and O–H groups in total. The first-order chi connectivity index (χ1) is 9.19. The van der Waals surface area contributed by atoms with Crippen molar-refractivity contribution in [3.63, 3.8) is 0 Å². The molecule has 1 aliphatic carbocycles. The molecule has 0 radical (unpaired) electrons. The quantitative estimate of drug-likeness (QED) is 0.760. The second-order valence-corrected chi connectivity index (χ2v) is 4.92. The zero-order valence-corrected chi connectivity index (χ0v) is 11.1. The molecule has 102 valence electrons. The average molecular weight is 261 g/mol. The zero-order chi connectivity index (χ0) is 13.7. The summed E-state index contributed by atoms with van der Waals surface area (Å²) < 4.78 is 5.07. The van der Waals surface area contributed by atoms with Crippen LogP contribution in [0, 0.1) is 5.92 Å². The molecule has 0 aromatic heterocycles. The third kappa shape index (κ3) is 4.39. The van der Waals surface area contributed by atoms with Gasteiger partial charge in [0, 0.05) is 13.0 Å². The molecule has 0 saturated heterocycles. The predicted octanol–water partition coefficient (Wildman–Crippen LogP) is 1.72. The molecular formula is C15H19NO3. The Kier molecular flexibility index (Phi) is 4.55. The van der Waals surface area contributed by atoms with Crippen LogP contribution >= 0.6 is 0 Å². The van der Waals surface area contributed by atoms with E-state index in [0.29, 0.717) is 25.3 Å². The number of carbonyl (C=O) groups is 2. The van der Waals surface area contributed by atoms with Crippen LogP contribution in [-0.4, -0.2) is 25.3 Å². The Morgan fingerprint density at radius 1 is 1.26 bits per heavy atom. The maximum Gasteiger partial charge on any atom is 0.287 e. The molecular weight excluding hydrogens is 242 g/mol. The van der Waals surface area contributed by atoms with Crippen LogP contribution in [0.4, 0.5) is 0 Å². The van der Waals surface area contributed by atoms with Gasteiger partial charge in [0.25, 0.3) is 5.91 Å². The van der Waals surface area contributed by atoms with E-state index in [-0.39, 0.29) is 5.78 Å². The van der Waals surface area contributed by atoms with Crippen LogP contribution in [0.25, 0.3) is 0 Å². The lowest BCUT2D eigenvalue weighted by Crippen LogP contribution is -2.32. The molecule has 1 aromatic rings. The molecule has 0 spiro atoms. The highest BCUT2D eigenvalue weighted by Crippen LogP contribution is 2.32. The summed E-state index contributed by atoms with van der Waals surface area (Å²) in [4.78, 5) is 23.0. The van der Waals surface area contributed by atoms with E-state index in [1.807, 2.05) is 24.3 Å². The van der Waals surface area contributed by atoms with Gasteiger partial charge in [-0.25, -0.2) is 0 Å². The van der Waals surface area contributed by atoms with E-state index >= 15 is 0 Å². The van der Waals surface area contributed by atoms with Crippen LogP contribution in [0.1, 0.15) is 24.8 Å². The largest absolute Gasteiger partial charge is 0.497 e. The van der Waals surface area contributed by atoms with Crippen LogP contribution in [-0.2, 0) is 16.0 Å². The van der Waals surface area contributed by atoms with E-state index in [4.69, 9.17) is 4.74 Å². The number of nitrogens with one attached hydrogen (secondary N) is 1. The van der Waals surface area contributed by atoms with Gasteiger partial charge in [-0.05, 0) is 42.9 Å². The van der Waals surface area contributed by atoms with E-state index in [2.05, 4.69) is 5.32 Å². The summed E-state index contributed by atoms with van der Waals surface area (Å²) in [7, 11) is 1.63. The fraction of sp³-hybridized carbons (Fsp3) is 0.467. The molecule has 0 unspecified atom stereocenters. The standard InChI is InChI=1S/C15H19NO3/c1-19-13-6-4-11(5-7-13)8-9-16-15(18)14(17)10-12-2-3-12/h4-7,12H,2-3,8-10H2,1H3,(H,16,18). The van der Waals surface area contributed by atoms with Crippen molar-refractivity contribution in [2.24, 2.45) is 5.92 Å². The van der Waals surface area contributed by atoms with Crippen molar-refractivity contribution < 1.29 is 14.3 Å². The number of ether oxygens (including phenoxy) is 1. The number of amides is 1. The smallest absolute Gasteiger partial charge is 0.287 e. The van der Waals surface area contributed by atoms with Crippen LogP contribution in [0.2, 0.25) is 0 Å². The Morgan fingerprint density at radius 2 is 1.95 bits per heavy atom. The lowest BCUT2D eigenvalue weighted by atomic mass is 10.1. The van der Waals surface area contributed by atoms with Gasteiger partial charge in [-0.15, -0.1) is 0 Å². The molecule has 1 aliphatic rings. The number of hydrogen-bond donors (Lipinski definition) is 1. The monoisotopic (exact) mass is 261 g/mol. The van der Waals surface area contributed by atoms with Gasteiger partial charge in [0.1, 0.15) is 5.75 Å². The molecule has 0 aliphatic heterocycles. The molecule has 0 atom stereocenters. The molecule has 1 saturated carbocycles. The highest BCUT2D eigenvalue weighted by atomic mass is 16.5. The van der Waals surface area contributed by atoms with Gasteiger partial charge >= 0.3 is 0 Å². The maximum absolute atomic E-state index is 11.5. The topological polar surface area (TPSA) is 55.4 Å². The molecule has 4 heteroatoms. The first-order valence-electron chi connectivity index (χ1n) is 6.63. The molecule has 0 bridgehead atoms. The second kappa shape index (κ2) is 6.36. The number of Topliss-reactive ketones (excluding diaryl/α,β-unsaturated/α-hetero) is 1. The van der Waals surface area contributed by atoms with Crippen LogP contribution in [0.3, 0.4) is 0 Å². The third-order valence-corrected chi connectivity index (χ3v) is 3.28. The second-order valence-electron chi connectivity index (χ2n) is 4.92. The summed E-state index contributed by atoms with van der Waals surface area (Å²) in [6.45, 7) is 0.488. The van der Waals surface area contributed by atoms with Gasteiger partial charge in [0.05, 0.1) is 7.11 Å². The molecule has 1 amide bonds. The third-order valence-electron chi connectivity index (χ3n) is 3.28. The van der Waals surface area contributed by atoms with E-state index in [0.717, 1.165) is 24.2 Å².